The minimum Gasteiger partial charge on any atom is -0.350 e. The molecule has 5 nitrogen and oxygen atoms in total. The quantitative estimate of drug-likeness (QED) is 0.847. The number of likely N-dealkylation sites (N-methyl/N-ethyl adjacent to an activating group) is 1. The molecular formula is C18H29N3O2. The molecule has 0 fully saturated rings. The number of carbonyl (C=O) groups is 2. The summed E-state index contributed by atoms with van der Waals surface area (Å²) in [6.07, 6.45) is 0. The maximum absolute atomic E-state index is 12.0. The van der Waals surface area contributed by atoms with Crippen molar-refractivity contribution in [2.75, 3.05) is 25.5 Å². The van der Waals surface area contributed by atoms with Gasteiger partial charge in [0.25, 0.3) is 0 Å². The molecule has 1 aromatic rings. The molecule has 0 saturated heterocycles. The van der Waals surface area contributed by atoms with Crippen LogP contribution in [0.4, 0.5) is 5.69 Å². The van der Waals surface area contributed by atoms with Crippen LogP contribution in [0.2, 0.25) is 0 Å². The Morgan fingerprint density at radius 1 is 1.04 bits per heavy atom. The molecule has 0 aromatic heterocycles. The minimum atomic E-state index is -0.266. The van der Waals surface area contributed by atoms with E-state index in [0.717, 1.165) is 5.69 Å². The van der Waals surface area contributed by atoms with Crippen LogP contribution in [0.3, 0.4) is 0 Å². The molecule has 0 radical (unpaired) electrons. The Bertz CT molecular complexity index is 530. The molecule has 128 valence electrons. The van der Waals surface area contributed by atoms with Crippen molar-refractivity contribution in [2.24, 2.45) is 0 Å². The molecule has 0 atom stereocenters. The smallest absolute Gasteiger partial charge is 0.238 e. The van der Waals surface area contributed by atoms with Crippen LogP contribution in [-0.4, -0.2) is 42.4 Å². The van der Waals surface area contributed by atoms with Gasteiger partial charge in [-0.3, -0.25) is 14.5 Å². The van der Waals surface area contributed by atoms with E-state index in [1.807, 2.05) is 45.0 Å². The summed E-state index contributed by atoms with van der Waals surface area (Å²) in [6.45, 7) is 10.4. The van der Waals surface area contributed by atoms with Crippen molar-refractivity contribution in [1.29, 1.82) is 0 Å². The van der Waals surface area contributed by atoms with Gasteiger partial charge < -0.3 is 10.6 Å². The van der Waals surface area contributed by atoms with Crippen LogP contribution in [-0.2, 0) is 9.59 Å². The van der Waals surface area contributed by atoms with Crippen molar-refractivity contribution in [3.05, 3.63) is 29.8 Å². The zero-order valence-electron chi connectivity index (χ0n) is 15.1. The molecular weight excluding hydrogens is 290 g/mol. The van der Waals surface area contributed by atoms with E-state index in [1.54, 1.807) is 11.9 Å². The Morgan fingerprint density at radius 3 is 2.04 bits per heavy atom. The third kappa shape index (κ3) is 7.79. The van der Waals surface area contributed by atoms with Gasteiger partial charge in [0, 0.05) is 11.2 Å². The van der Waals surface area contributed by atoms with E-state index in [1.165, 1.54) is 5.56 Å². The van der Waals surface area contributed by atoms with E-state index in [0.29, 0.717) is 5.92 Å². The second-order valence-corrected chi connectivity index (χ2v) is 7.30. The Balaban J connectivity index is 2.45. The summed E-state index contributed by atoms with van der Waals surface area (Å²) in [5, 5.41) is 5.73. The highest BCUT2D eigenvalue weighted by molar-refractivity contribution is 5.92. The molecule has 1 aromatic carbocycles. The number of hydrogen-bond donors (Lipinski definition) is 2. The molecule has 2 N–H and O–H groups in total. The van der Waals surface area contributed by atoms with Gasteiger partial charge in [-0.15, -0.1) is 0 Å². The van der Waals surface area contributed by atoms with Crippen LogP contribution in [0.1, 0.15) is 46.1 Å². The van der Waals surface area contributed by atoms with Crippen LogP contribution in [0.25, 0.3) is 0 Å². The average molecular weight is 319 g/mol. The third-order valence-electron chi connectivity index (χ3n) is 3.20. The first-order valence-electron chi connectivity index (χ1n) is 7.96. The minimum absolute atomic E-state index is 0.0888. The standard InChI is InChI=1S/C18H29N3O2/c1-13(2)14-7-9-15(10-8-14)19-16(22)11-21(6)12-17(23)20-18(3,4)5/h7-10,13H,11-12H2,1-6H3,(H,19,22)(H,20,23). The summed E-state index contributed by atoms with van der Waals surface area (Å²) >= 11 is 0. The van der Waals surface area contributed by atoms with Crippen LogP contribution in [0, 0.1) is 0 Å². The molecule has 5 heteroatoms. The molecule has 0 aliphatic rings. The lowest BCUT2D eigenvalue weighted by molar-refractivity contribution is -0.124. The van der Waals surface area contributed by atoms with Gasteiger partial charge in [0.1, 0.15) is 0 Å². The maximum atomic E-state index is 12.0. The number of nitrogens with one attached hydrogen (secondary N) is 2. The predicted octanol–water partition coefficient (Wildman–Crippen LogP) is 2.60. The van der Waals surface area contributed by atoms with Crippen molar-refractivity contribution in [2.45, 2.75) is 46.1 Å². The largest absolute Gasteiger partial charge is 0.350 e. The lowest BCUT2D eigenvalue weighted by atomic mass is 10.0. The second kappa shape index (κ2) is 8.11. The van der Waals surface area contributed by atoms with E-state index in [4.69, 9.17) is 0 Å². The van der Waals surface area contributed by atoms with Gasteiger partial charge in [-0.1, -0.05) is 26.0 Å². The summed E-state index contributed by atoms with van der Waals surface area (Å²) in [5.74, 6) is 0.245. The summed E-state index contributed by atoms with van der Waals surface area (Å²) in [7, 11) is 1.75. The highest BCUT2D eigenvalue weighted by atomic mass is 16.2. The molecule has 0 aliphatic heterocycles. The first kappa shape index (κ1) is 19.2. The number of nitrogens with zero attached hydrogens (tertiary/aromatic N) is 1. The SMILES string of the molecule is CC(C)c1ccc(NC(=O)CN(C)CC(=O)NC(C)(C)C)cc1. The Morgan fingerprint density at radius 2 is 1.57 bits per heavy atom. The van der Waals surface area contributed by atoms with Gasteiger partial charge in [-0.05, 0) is 51.4 Å². The van der Waals surface area contributed by atoms with Crippen LogP contribution < -0.4 is 10.6 Å². The van der Waals surface area contributed by atoms with Gasteiger partial charge in [0.15, 0.2) is 0 Å². The number of carbonyl (C=O) groups excluding carboxylic acids is 2. The van der Waals surface area contributed by atoms with Crippen molar-refractivity contribution in [1.82, 2.24) is 10.2 Å². The van der Waals surface area contributed by atoms with Crippen molar-refractivity contribution < 1.29 is 9.59 Å². The van der Waals surface area contributed by atoms with Gasteiger partial charge in [0.05, 0.1) is 13.1 Å². The zero-order chi connectivity index (χ0) is 17.6. The fourth-order valence-corrected chi connectivity index (χ4v) is 2.16. The first-order chi connectivity index (χ1) is 10.6. The molecule has 23 heavy (non-hydrogen) atoms. The van der Waals surface area contributed by atoms with E-state index in [2.05, 4.69) is 24.5 Å². The van der Waals surface area contributed by atoms with E-state index < -0.39 is 0 Å². The monoisotopic (exact) mass is 319 g/mol. The van der Waals surface area contributed by atoms with Crippen LogP contribution in [0.5, 0.6) is 0 Å². The summed E-state index contributed by atoms with van der Waals surface area (Å²) in [6, 6.07) is 7.83. The molecule has 2 amide bonds. The number of amides is 2. The van der Waals surface area contributed by atoms with E-state index >= 15 is 0 Å². The van der Waals surface area contributed by atoms with E-state index in [9.17, 15) is 9.59 Å². The van der Waals surface area contributed by atoms with Crippen molar-refractivity contribution in [3.8, 4) is 0 Å². The normalized spacial score (nSPS) is 11.7. The molecule has 0 spiro atoms. The van der Waals surface area contributed by atoms with Gasteiger partial charge >= 0.3 is 0 Å². The second-order valence-electron chi connectivity index (χ2n) is 7.30. The number of benzene rings is 1. The van der Waals surface area contributed by atoms with Crippen molar-refractivity contribution >= 4 is 17.5 Å². The highest BCUT2D eigenvalue weighted by Gasteiger charge is 2.16. The van der Waals surface area contributed by atoms with Crippen LogP contribution >= 0.6 is 0 Å². The Kier molecular flexibility index (Phi) is 6.76. The molecule has 0 heterocycles. The fraction of sp³-hybridized carbons (Fsp3) is 0.556. The first-order valence-corrected chi connectivity index (χ1v) is 7.96. The molecule has 1 rings (SSSR count). The molecule has 0 bridgehead atoms. The van der Waals surface area contributed by atoms with E-state index in [-0.39, 0.29) is 30.4 Å². The van der Waals surface area contributed by atoms with Crippen molar-refractivity contribution in [3.63, 3.8) is 0 Å². The number of hydrogen-bond acceptors (Lipinski definition) is 3. The number of anilines is 1. The zero-order valence-corrected chi connectivity index (χ0v) is 15.1. The lowest BCUT2D eigenvalue weighted by Crippen LogP contribution is -2.46. The van der Waals surface area contributed by atoms with Gasteiger partial charge in [0.2, 0.25) is 11.8 Å². The van der Waals surface area contributed by atoms with Gasteiger partial charge in [-0.25, -0.2) is 0 Å². The Hall–Kier alpha value is -1.88. The van der Waals surface area contributed by atoms with Crippen LogP contribution in [0.15, 0.2) is 24.3 Å². The van der Waals surface area contributed by atoms with Gasteiger partial charge in [-0.2, -0.15) is 0 Å². The third-order valence-corrected chi connectivity index (χ3v) is 3.20. The summed E-state index contributed by atoms with van der Waals surface area (Å²) < 4.78 is 0. The molecule has 0 unspecified atom stereocenters. The maximum Gasteiger partial charge on any atom is 0.238 e. The predicted molar refractivity (Wildman–Crippen MR) is 94.6 cm³/mol. The number of rotatable bonds is 6. The molecule has 0 saturated carbocycles. The fourth-order valence-electron chi connectivity index (χ4n) is 2.16. The topological polar surface area (TPSA) is 61.4 Å². The summed E-state index contributed by atoms with van der Waals surface area (Å²) in [4.78, 5) is 25.5. The Labute approximate surface area is 139 Å². The highest BCUT2D eigenvalue weighted by Crippen LogP contribution is 2.17. The summed E-state index contributed by atoms with van der Waals surface area (Å²) in [5.41, 5.74) is 1.74. The average Bonchev–Trinajstić information content (AvgIpc) is 2.36. The molecule has 0 aliphatic carbocycles. The lowest BCUT2D eigenvalue weighted by Gasteiger charge is -2.23.